The molecule has 170 valence electrons. The molecule has 2 aromatic heterocycles. The summed E-state index contributed by atoms with van der Waals surface area (Å²) in [5, 5.41) is 8.11. The van der Waals surface area contributed by atoms with Gasteiger partial charge in [0.05, 0.1) is 6.04 Å². The number of aromatic nitrogens is 4. The summed E-state index contributed by atoms with van der Waals surface area (Å²) in [4.78, 5) is 26.8. The first kappa shape index (κ1) is 22.0. The number of para-hydroxylation sites is 1. The molecule has 1 amide bonds. The number of carbonyl (C=O) groups excluding carboxylic acids is 1. The largest absolute Gasteiger partial charge is 0.325 e. The van der Waals surface area contributed by atoms with Gasteiger partial charge >= 0.3 is 0 Å². The Morgan fingerprint density at radius 2 is 1.88 bits per heavy atom. The molecule has 2 unspecified atom stereocenters. The van der Waals surface area contributed by atoms with E-state index in [1.807, 2.05) is 49.4 Å². The number of hydrogen-bond acceptors (Lipinski definition) is 6. The van der Waals surface area contributed by atoms with Crippen molar-refractivity contribution in [3.05, 3.63) is 96.1 Å². The van der Waals surface area contributed by atoms with Gasteiger partial charge in [-0.05, 0) is 42.3 Å². The molecule has 2 atom stereocenters. The molecule has 4 aromatic rings. The first-order valence-electron chi connectivity index (χ1n) is 10.7. The molecule has 0 saturated heterocycles. The maximum absolute atomic E-state index is 14.0. The summed E-state index contributed by atoms with van der Waals surface area (Å²) in [7, 11) is 0. The number of nitrogens with zero attached hydrogens (tertiary/aromatic N) is 5. The number of benzene rings is 2. The monoisotopic (exact) mass is 472 g/mol. The standard InChI is InChI=1S/C25H21FN6OS/c1-16-21(23(33)29-19-10-3-2-4-11-19)22(17-9-7-13-27-14-17)32-24(28-16)30-25(31-32)34-15-18-8-5-6-12-20(18)26/h2-14,21-22H,15H2,1H3,(H,29,33). The van der Waals surface area contributed by atoms with Crippen LogP contribution in [0.5, 0.6) is 0 Å². The van der Waals surface area contributed by atoms with Crippen LogP contribution in [0.25, 0.3) is 0 Å². The van der Waals surface area contributed by atoms with Gasteiger partial charge in [-0.25, -0.2) is 14.1 Å². The predicted octanol–water partition coefficient (Wildman–Crippen LogP) is 5.05. The molecule has 34 heavy (non-hydrogen) atoms. The zero-order valence-corrected chi connectivity index (χ0v) is 19.1. The van der Waals surface area contributed by atoms with E-state index < -0.39 is 12.0 Å². The molecule has 5 rings (SSSR count). The molecule has 0 bridgehead atoms. The summed E-state index contributed by atoms with van der Waals surface area (Å²) < 4.78 is 15.7. The second-order valence-electron chi connectivity index (χ2n) is 7.84. The van der Waals surface area contributed by atoms with Gasteiger partial charge in [0.15, 0.2) is 0 Å². The van der Waals surface area contributed by atoms with Gasteiger partial charge in [-0.2, -0.15) is 4.98 Å². The predicted molar refractivity (Wildman–Crippen MR) is 130 cm³/mol. The van der Waals surface area contributed by atoms with Crippen molar-refractivity contribution in [2.24, 2.45) is 10.9 Å². The SMILES string of the molecule is CC1=Nc2nc(SCc3ccccc3F)nn2C(c2cccnc2)C1C(=O)Nc1ccccc1. The van der Waals surface area contributed by atoms with Crippen molar-refractivity contribution < 1.29 is 9.18 Å². The van der Waals surface area contributed by atoms with Crippen LogP contribution in [0.15, 0.2) is 89.3 Å². The Morgan fingerprint density at radius 3 is 2.65 bits per heavy atom. The van der Waals surface area contributed by atoms with Crippen LogP contribution in [0.2, 0.25) is 0 Å². The minimum absolute atomic E-state index is 0.192. The van der Waals surface area contributed by atoms with Gasteiger partial charge in [-0.15, -0.1) is 5.10 Å². The quantitative estimate of drug-likeness (QED) is 0.397. The van der Waals surface area contributed by atoms with E-state index in [2.05, 4.69) is 25.4 Å². The lowest BCUT2D eigenvalue weighted by Crippen LogP contribution is -2.39. The number of pyridine rings is 1. The maximum atomic E-state index is 14.0. The first-order valence-corrected chi connectivity index (χ1v) is 11.7. The van der Waals surface area contributed by atoms with Crippen molar-refractivity contribution >= 4 is 35.0 Å². The highest BCUT2D eigenvalue weighted by Gasteiger charge is 2.39. The average molecular weight is 473 g/mol. The average Bonchev–Trinajstić information content (AvgIpc) is 3.26. The van der Waals surface area contributed by atoms with E-state index in [0.29, 0.717) is 33.8 Å². The highest BCUT2D eigenvalue weighted by molar-refractivity contribution is 7.98. The molecular formula is C25H21FN6OS. The van der Waals surface area contributed by atoms with Crippen molar-refractivity contribution in [2.45, 2.75) is 23.9 Å². The van der Waals surface area contributed by atoms with Gasteiger partial charge in [-0.1, -0.05) is 54.2 Å². The van der Waals surface area contributed by atoms with Gasteiger partial charge in [0.2, 0.25) is 17.0 Å². The fourth-order valence-corrected chi connectivity index (χ4v) is 4.74. The van der Waals surface area contributed by atoms with E-state index in [9.17, 15) is 9.18 Å². The van der Waals surface area contributed by atoms with Gasteiger partial charge in [0.1, 0.15) is 11.7 Å². The lowest BCUT2D eigenvalue weighted by Gasteiger charge is -2.30. The summed E-state index contributed by atoms with van der Waals surface area (Å²) in [5.74, 6) is -0.273. The molecule has 0 radical (unpaired) electrons. The summed E-state index contributed by atoms with van der Waals surface area (Å²) in [6, 6.07) is 19.2. The second-order valence-corrected chi connectivity index (χ2v) is 8.78. The number of anilines is 1. The minimum Gasteiger partial charge on any atom is -0.325 e. The van der Waals surface area contributed by atoms with Crippen LogP contribution >= 0.6 is 11.8 Å². The number of thioether (sulfide) groups is 1. The van der Waals surface area contributed by atoms with E-state index in [1.54, 1.807) is 35.3 Å². The molecule has 1 aliphatic heterocycles. The van der Waals surface area contributed by atoms with Crippen LogP contribution in [-0.4, -0.2) is 31.4 Å². The number of amides is 1. The number of rotatable bonds is 6. The van der Waals surface area contributed by atoms with Crippen molar-refractivity contribution in [3.63, 3.8) is 0 Å². The molecule has 2 aromatic carbocycles. The minimum atomic E-state index is -0.608. The van der Waals surface area contributed by atoms with E-state index in [0.717, 1.165) is 5.56 Å². The summed E-state index contributed by atoms with van der Waals surface area (Å²) in [5.41, 5.74) is 2.73. The molecule has 0 aliphatic carbocycles. The lowest BCUT2D eigenvalue weighted by atomic mass is 9.88. The Morgan fingerprint density at radius 1 is 1.09 bits per heavy atom. The summed E-state index contributed by atoms with van der Waals surface area (Å²) in [6.07, 6.45) is 3.41. The van der Waals surface area contributed by atoms with E-state index >= 15 is 0 Å². The van der Waals surface area contributed by atoms with Crippen molar-refractivity contribution in [1.29, 1.82) is 0 Å². The normalized spacial score (nSPS) is 17.1. The summed E-state index contributed by atoms with van der Waals surface area (Å²) in [6.45, 7) is 1.82. The zero-order valence-electron chi connectivity index (χ0n) is 18.3. The Labute approximate surface area is 200 Å². The zero-order chi connectivity index (χ0) is 23.5. The van der Waals surface area contributed by atoms with Gasteiger partial charge < -0.3 is 5.32 Å². The molecule has 7 nitrogen and oxygen atoms in total. The first-order chi connectivity index (χ1) is 16.6. The third-order valence-corrected chi connectivity index (χ3v) is 6.45. The third kappa shape index (κ3) is 4.47. The van der Waals surface area contributed by atoms with Crippen LogP contribution in [0.3, 0.4) is 0 Å². The topological polar surface area (TPSA) is 85.1 Å². The molecular weight excluding hydrogens is 451 g/mol. The highest BCUT2D eigenvalue weighted by atomic mass is 32.2. The molecule has 9 heteroatoms. The molecule has 1 N–H and O–H groups in total. The second kappa shape index (κ2) is 9.56. The number of hydrogen-bond donors (Lipinski definition) is 1. The Bertz CT molecular complexity index is 1340. The van der Waals surface area contributed by atoms with Gasteiger partial charge in [0, 0.05) is 29.5 Å². The lowest BCUT2D eigenvalue weighted by molar-refractivity contribution is -0.118. The summed E-state index contributed by atoms with van der Waals surface area (Å²) >= 11 is 1.32. The van der Waals surface area contributed by atoms with Crippen molar-refractivity contribution in [3.8, 4) is 0 Å². The van der Waals surface area contributed by atoms with E-state index in [4.69, 9.17) is 0 Å². The van der Waals surface area contributed by atoms with E-state index in [1.165, 1.54) is 17.8 Å². The fraction of sp³-hybridized carbons (Fsp3) is 0.160. The Kier molecular flexibility index (Phi) is 6.18. The van der Waals surface area contributed by atoms with E-state index in [-0.39, 0.29) is 11.7 Å². The van der Waals surface area contributed by atoms with Gasteiger partial charge in [0.25, 0.3) is 0 Å². The Balaban J connectivity index is 1.48. The third-order valence-electron chi connectivity index (χ3n) is 5.56. The van der Waals surface area contributed by atoms with Crippen LogP contribution in [0, 0.1) is 11.7 Å². The number of halogens is 1. The molecule has 0 fully saturated rings. The molecule has 3 heterocycles. The van der Waals surface area contributed by atoms with Crippen LogP contribution in [0.1, 0.15) is 24.1 Å². The fourth-order valence-electron chi connectivity index (χ4n) is 3.93. The number of aliphatic imine (C=N–C) groups is 1. The van der Waals surface area contributed by atoms with Crippen molar-refractivity contribution in [1.82, 2.24) is 19.7 Å². The van der Waals surface area contributed by atoms with Gasteiger partial charge in [-0.3, -0.25) is 9.78 Å². The number of nitrogens with one attached hydrogen (secondary N) is 1. The van der Waals surface area contributed by atoms with Crippen LogP contribution in [0.4, 0.5) is 16.0 Å². The van der Waals surface area contributed by atoms with Crippen molar-refractivity contribution in [2.75, 3.05) is 5.32 Å². The number of fused-ring (bicyclic) bond motifs is 1. The molecule has 0 spiro atoms. The smallest absolute Gasteiger partial charge is 0.249 e. The maximum Gasteiger partial charge on any atom is 0.249 e. The molecule has 0 saturated carbocycles. The van der Waals surface area contributed by atoms with Crippen LogP contribution in [-0.2, 0) is 10.5 Å². The van der Waals surface area contributed by atoms with Crippen LogP contribution < -0.4 is 5.32 Å². The highest BCUT2D eigenvalue weighted by Crippen LogP contribution is 2.37. The Hall–Kier alpha value is -3.85. The molecule has 1 aliphatic rings. The number of carbonyl (C=O) groups is 1.